The molecule has 8 nitrogen and oxygen atoms in total. The summed E-state index contributed by atoms with van der Waals surface area (Å²) in [5, 5.41) is 2.88. The number of rotatable bonds is 6. The maximum absolute atomic E-state index is 12.9. The van der Waals surface area contributed by atoms with Crippen LogP contribution in [0.4, 0.5) is 4.79 Å². The number of nitrogens with one attached hydrogen (secondary N) is 1. The van der Waals surface area contributed by atoms with E-state index in [0.29, 0.717) is 36.0 Å². The van der Waals surface area contributed by atoms with Crippen molar-refractivity contribution in [1.29, 1.82) is 0 Å². The number of hydrogen-bond donors (Lipinski definition) is 1. The van der Waals surface area contributed by atoms with Crippen LogP contribution in [0.15, 0.2) is 41.3 Å². The highest BCUT2D eigenvalue weighted by molar-refractivity contribution is 7.89. The van der Waals surface area contributed by atoms with Gasteiger partial charge >= 0.3 is 6.03 Å². The highest BCUT2D eigenvalue weighted by atomic mass is 32.2. The molecule has 0 radical (unpaired) electrons. The molecule has 2 aromatic rings. The number of hydrogen-bond acceptors (Lipinski definition) is 5. The summed E-state index contributed by atoms with van der Waals surface area (Å²) in [5.74, 6) is 1.22. The van der Waals surface area contributed by atoms with Crippen LogP contribution in [0.25, 0.3) is 0 Å². The molecule has 2 aromatic carbocycles. The number of benzene rings is 2. The Hall–Kier alpha value is -2.78. The van der Waals surface area contributed by atoms with Crippen LogP contribution in [0, 0.1) is 13.8 Å². The molecule has 1 fully saturated rings. The number of nitrogens with zero attached hydrogens (tertiary/aromatic N) is 2. The zero-order valence-electron chi connectivity index (χ0n) is 18.3. The number of carbonyl (C=O) groups is 1. The fourth-order valence-corrected chi connectivity index (χ4v) is 4.94. The van der Waals surface area contributed by atoms with E-state index in [9.17, 15) is 13.2 Å². The molecule has 0 aromatic heterocycles. The number of aryl methyl sites for hydroxylation is 2. The van der Waals surface area contributed by atoms with Gasteiger partial charge in [-0.25, -0.2) is 13.2 Å². The molecule has 0 aliphatic carbocycles. The summed E-state index contributed by atoms with van der Waals surface area (Å²) in [6, 6.07) is 10.4. The SMILES string of the molecule is COc1ccc(CNC(=O)N2CCN(S(=O)(=O)c3ccc(C)c(C)c3)CC2)cc1OC. The first-order valence-electron chi connectivity index (χ1n) is 10.1. The third-order valence-corrected chi connectivity index (χ3v) is 7.43. The molecule has 1 aliphatic heterocycles. The van der Waals surface area contributed by atoms with E-state index in [1.54, 1.807) is 37.3 Å². The van der Waals surface area contributed by atoms with Crippen LogP contribution in [0.2, 0.25) is 0 Å². The first-order valence-corrected chi connectivity index (χ1v) is 11.5. The Labute approximate surface area is 183 Å². The van der Waals surface area contributed by atoms with Gasteiger partial charge in [-0.1, -0.05) is 12.1 Å². The molecule has 31 heavy (non-hydrogen) atoms. The third-order valence-electron chi connectivity index (χ3n) is 5.53. The van der Waals surface area contributed by atoms with Crippen molar-refractivity contribution in [3.8, 4) is 11.5 Å². The zero-order chi connectivity index (χ0) is 22.6. The largest absolute Gasteiger partial charge is 0.493 e. The first kappa shape index (κ1) is 22.9. The normalized spacial score (nSPS) is 14.9. The maximum atomic E-state index is 12.9. The second-order valence-electron chi connectivity index (χ2n) is 7.49. The van der Waals surface area contributed by atoms with Gasteiger partial charge in [-0.3, -0.25) is 0 Å². The summed E-state index contributed by atoms with van der Waals surface area (Å²) < 4.78 is 37.8. The topological polar surface area (TPSA) is 88.2 Å². The van der Waals surface area contributed by atoms with E-state index in [2.05, 4.69) is 5.32 Å². The van der Waals surface area contributed by atoms with Crippen LogP contribution < -0.4 is 14.8 Å². The molecule has 1 aliphatic rings. The summed E-state index contributed by atoms with van der Waals surface area (Å²) in [6.07, 6.45) is 0. The van der Waals surface area contributed by atoms with Gasteiger partial charge in [0.25, 0.3) is 0 Å². The van der Waals surface area contributed by atoms with Crippen molar-refractivity contribution in [1.82, 2.24) is 14.5 Å². The van der Waals surface area contributed by atoms with Crippen molar-refractivity contribution in [3.05, 3.63) is 53.1 Å². The first-order chi connectivity index (χ1) is 14.8. The van der Waals surface area contributed by atoms with Gasteiger partial charge in [-0.2, -0.15) is 4.31 Å². The van der Waals surface area contributed by atoms with Crippen LogP contribution >= 0.6 is 0 Å². The lowest BCUT2D eigenvalue weighted by molar-refractivity contribution is 0.172. The van der Waals surface area contributed by atoms with E-state index in [1.165, 1.54) is 4.31 Å². The molecule has 1 N–H and O–H groups in total. The predicted octanol–water partition coefficient (Wildman–Crippen LogP) is 2.54. The Morgan fingerprint density at radius 2 is 1.61 bits per heavy atom. The number of ether oxygens (including phenoxy) is 2. The van der Waals surface area contributed by atoms with E-state index in [0.717, 1.165) is 16.7 Å². The highest BCUT2D eigenvalue weighted by Crippen LogP contribution is 2.27. The summed E-state index contributed by atoms with van der Waals surface area (Å²) in [4.78, 5) is 14.5. The van der Waals surface area contributed by atoms with Gasteiger partial charge in [0.2, 0.25) is 10.0 Å². The molecule has 0 saturated carbocycles. The Balaban J connectivity index is 1.56. The Bertz CT molecular complexity index is 1050. The monoisotopic (exact) mass is 447 g/mol. The minimum absolute atomic E-state index is 0.224. The van der Waals surface area contributed by atoms with Gasteiger partial charge in [-0.15, -0.1) is 0 Å². The lowest BCUT2D eigenvalue weighted by atomic mass is 10.1. The molecule has 9 heteroatoms. The Kier molecular flexibility index (Phi) is 7.07. The van der Waals surface area contributed by atoms with E-state index < -0.39 is 10.0 Å². The molecule has 2 amide bonds. The number of amides is 2. The number of piperazine rings is 1. The van der Waals surface area contributed by atoms with E-state index in [1.807, 2.05) is 32.0 Å². The van der Waals surface area contributed by atoms with Crippen molar-refractivity contribution in [2.24, 2.45) is 0 Å². The van der Waals surface area contributed by atoms with Crippen molar-refractivity contribution >= 4 is 16.1 Å². The zero-order valence-corrected chi connectivity index (χ0v) is 19.2. The maximum Gasteiger partial charge on any atom is 0.317 e. The molecular formula is C22H29N3O5S. The second-order valence-corrected chi connectivity index (χ2v) is 9.42. The van der Waals surface area contributed by atoms with Crippen LogP contribution in [0.5, 0.6) is 11.5 Å². The summed E-state index contributed by atoms with van der Waals surface area (Å²) in [6.45, 7) is 5.38. The quantitative estimate of drug-likeness (QED) is 0.735. The third kappa shape index (κ3) is 5.11. The van der Waals surface area contributed by atoms with E-state index in [4.69, 9.17) is 9.47 Å². The smallest absolute Gasteiger partial charge is 0.317 e. The summed E-state index contributed by atoms with van der Waals surface area (Å²) in [7, 11) is -0.441. The highest BCUT2D eigenvalue weighted by Gasteiger charge is 2.30. The minimum atomic E-state index is -3.57. The van der Waals surface area contributed by atoms with Crippen LogP contribution in [-0.2, 0) is 16.6 Å². The predicted molar refractivity (Wildman–Crippen MR) is 118 cm³/mol. The lowest BCUT2D eigenvalue weighted by Gasteiger charge is -2.34. The van der Waals surface area contributed by atoms with Gasteiger partial charge < -0.3 is 19.7 Å². The number of urea groups is 1. The molecule has 168 valence electrons. The van der Waals surface area contributed by atoms with Gasteiger partial charge in [-0.05, 0) is 54.8 Å². The van der Waals surface area contributed by atoms with Crippen molar-refractivity contribution in [2.75, 3.05) is 40.4 Å². The van der Waals surface area contributed by atoms with Gasteiger partial charge in [0.1, 0.15) is 0 Å². The van der Waals surface area contributed by atoms with Crippen molar-refractivity contribution < 1.29 is 22.7 Å². The van der Waals surface area contributed by atoms with Crippen molar-refractivity contribution in [2.45, 2.75) is 25.3 Å². The molecule has 0 spiro atoms. The average Bonchev–Trinajstić information content (AvgIpc) is 2.79. The van der Waals surface area contributed by atoms with E-state index in [-0.39, 0.29) is 19.1 Å². The lowest BCUT2D eigenvalue weighted by Crippen LogP contribution is -2.52. The molecular weight excluding hydrogens is 418 g/mol. The van der Waals surface area contributed by atoms with E-state index >= 15 is 0 Å². The van der Waals surface area contributed by atoms with Crippen LogP contribution in [0.1, 0.15) is 16.7 Å². The molecule has 1 heterocycles. The molecule has 0 atom stereocenters. The average molecular weight is 448 g/mol. The second kappa shape index (κ2) is 9.57. The van der Waals surface area contributed by atoms with Crippen molar-refractivity contribution in [3.63, 3.8) is 0 Å². The Morgan fingerprint density at radius 1 is 0.935 bits per heavy atom. The standard InChI is InChI=1S/C22H29N3O5S/c1-16-5-7-19(13-17(16)2)31(27,28)25-11-9-24(10-12-25)22(26)23-15-18-6-8-20(29-3)21(14-18)30-4/h5-8,13-14H,9-12,15H2,1-4H3,(H,23,26). The van der Waals surface area contributed by atoms with Gasteiger partial charge in [0.15, 0.2) is 11.5 Å². The summed E-state index contributed by atoms with van der Waals surface area (Å²) >= 11 is 0. The van der Waals surface area contributed by atoms with Gasteiger partial charge in [0.05, 0.1) is 19.1 Å². The molecule has 0 unspecified atom stereocenters. The van der Waals surface area contributed by atoms with Crippen LogP contribution in [-0.4, -0.2) is 64.1 Å². The molecule has 1 saturated heterocycles. The fraction of sp³-hybridized carbons (Fsp3) is 0.409. The number of methoxy groups -OCH3 is 2. The summed E-state index contributed by atoms with van der Waals surface area (Å²) in [5.41, 5.74) is 2.87. The number of carbonyl (C=O) groups excluding carboxylic acids is 1. The number of sulfonamides is 1. The fourth-order valence-electron chi connectivity index (χ4n) is 3.44. The molecule has 0 bridgehead atoms. The Morgan fingerprint density at radius 3 is 2.23 bits per heavy atom. The van der Waals surface area contributed by atoms with Gasteiger partial charge in [0, 0.05) is 32.7 Å². The minimum Gasteiger partial charge on any atom is -0.493 e. The molecule has 3 rings (SSSR count). The van der Waals surface area contributed by atoms with Crippen LogP contribution in [0.3, 0.4) is 0 Å².